The molecule has 1 saturated heterocycles. The third-order valence-corrected chi connectivity index (χ3v) is 4.06. The first-order valence-electron chi connectivity index (χ1n) is 5.10. The molecular weight excluding hydrogens is 166 g/mol. The van der Waals surface area contributed by atoms with E-state index in [4.69, 9.17) is 0 Å². The van der Waals surface area contributed by atoms with Crippen LogP contribution in [0.1, 0.15) is 32.1 Å². The van der Waals surface area contributed by atoms with E-state index >= 15 is 0 Å². The van der Waals surface area contributed by atoms with Crippen molar-refractivity contribution in [2.24, 2.45) is 17.3 Å². The summed E-state index contributed by atoms with van der Waals surface area (Å²) in [6, 6.07) is 0. The van der Waals surface area contributed by atoms with E-state index in [0.29, 0.717) is 5.92 Å². The molecule has 0 radical (unpaired) electrons. The normalized spacial score (nSPS) is 43.5. The predicted octanol–water partition coefficient (Wildman–Crippen LogP) is 0.839. The number of carbonyl (C=O) groups excluding carboxylic acids is 2. The van der Waals surface area contributed by atoms with E-state index in [1.807, 2.05) is 0 Å². The van der Waals surface area contributed by atoms with E-state index in [0.717, 1.165) is 19.3 Å². The van der Waals surface area contributed by atoms with Crippen LogP contribution in [0.4, 0.5) is 0 Å². The van der Waals surface area contributed by atoms with Gasteiger partial charge in [-0.05, 0) is 25.2 Å². The molecular formula is C10H13NO2. The molecule has 3 rings (SSSR count). The lowest BCUT2D eigenvalue weighted by atomic mass is 9.86. The standard InChI is InChI=1S/C10H13NO2/c12-8-7-5-10(7,9(13)11-8)6-3-1-2-4-6/h6-7H,1-5H2,(H,11,12,13). The van der Waals surface area contributed by atoms with Crippen molar-refractivity contribution in [1.29, 1.82) is 0 Å². The van der Waals surface area contributed by atoms with Gasteiger partial charge >= 0.3 is 0 Å². The van der Waals surface area contributed by atoms with Crippen molar-refractivity contribution < 1.29 is 9.59 Å². The van der Waals surface area contributed by atoms with Crippen molar-refractivity contribution in [2.45, 2.75) is 32.1 Å². The number of imide groups is 1. The minimum absolute atomic E-state index is 0.0168. The molecule has 3 aliphatic rings. The second-order valence-corrected chi connectivity index (χ2v) is 4.60. The van der Waals surface area contributed by atoms with Crippen molar-refractivity contribution in [3.05, 3.63) is 0 Å². The van der Waals surface area contributed by atoms with Crippen LogP contribution in [0.3, 0.4) is 0 Å². The third-order valence-electron chi connectivity index (χ3n) is 4.06. The van der Waals surface area contributed by atoms with Crippen LogP contribution in [0.2, 0.25) is 0 Å². The fourth-order valence-corrected chi connectivity index (χ4v) is 3.25. The van der Waals surface area contributed by atoms with Crippen LogP contribution >= 0.6 is 0 Å². The summed E-state index contributed by atoms with van der Waals surface area (Å²) < 4.78 is 0. The molecule has 0 aromatic heterocycles. The molecule has 2 unspecified atom stereocenters. The summed E-state index contributed by atoms with van der Waals surface area (Å²) >= 11 is 0. The lowest BCUT2D eigenvalue weighted by Gasteiger charge is -2.16. The second-order valence-electron chi connectivity index (χ2n) is 4.60. The van der Waals surface area contributed by atoms with Gasteiger partial charge in [0.1, 0.15) is 0 Å². The van der Waals surface area contributed by atoms with Crippen molar-refractivity contribution in [1.82, 2.24) is 5.32 Å². The van der Waals surface area contributed by atoms with Crippen LogP contribution < -0.4 is 5.32 Å². The Balaban J connectivity index is 1.91. The Morgan fingerprint density at radius 2 is 1.92 bits per heavy atom. The molecule has 1 aliphatic heterocycles. The molecule has 2 amide bonds. The van der Waals surface area contributed by atoms with Crippen LogP contribution in [-0.2, 0) is 9.59 Å². The second kappa shape index (κ2) is 2.14. The summed E-state index contributed by atoms with van der Waals surface area (Å²) in [4.78, 5) is 22.9. The molecule has 2 saturated carbocycles. The summed E-state index contributed by atoms with van der Waals surface area (Å²) in [5.74, 6) is 0.554. The number of hydrogen-bond donors (Lipinski definition) is 1. The predicted molar refractivity (Wildman–Crippen MR) is 45.6 cm³/mol. The Morgan fingerprint density at radius 3 is 2.38 bits per heavy atom. The zero-order valence-corrected chi connectivity index (χ0v) is 7.51. The van der Waals surface area contributed by atoms with Gasteiger partial charge in [-0.2, -0.15) is 0 Å². The Morgan fingerprint density at radius 1 is 1.23 bits per heavy atom. The van der Waals surface area contributed by atoms with Gasteiger partial charge in [0.05, 0.1) is 11.3 Å². The van der Waals surface area contributed by atoms with Crippen LogP contribution in [0, 0.1) is 17.3 Å². The van der Waals surface area contributed by atoms with Crippen LogP contribution in [0.25, 0.3) is 0 Å². The molecule has 1 N–H and O–H groups in total. The quantitative estimate of drug-likeness (QED) is 0.606. The first-order chi connectivity index (χ1) is 6.25. The summed E-state index contributed by atoms with van der Waals surface area (Å²) in [7, 11) is 0. The summed E-state index contributed by atoms with van der Waals surface area (Å²) in [6.45, 7) is 0. The van der Waals surface area contributed by atoms with Gasteiger partial charge in [0.15, 0.2) is 0 Å². The first-order valence-corrected chi connectivity index (χ1v) is 5.10. The van der Waals surface area contributed by atoms with Crippen molar-refractivity contribution >= 4 is 11.8 Å². The molecule has 3 fully saturated rings. The van der Waals surface area contributed by atoms with E-state index in [-0.39, 0.29) is 23.1 Å². The zero-order chi connectivity index (χ0) is 9.05. The molecule has 3 nitrogen and oxygen atoms in total. The highest BCUT2D eigenvalue weighted by atomic mass is 16.2. The van der Waals surface area contributed by atoms with E-state index in [9.17, 15) is 9.59 Å². The minimum Gasteiger partial charge on any atom is -0.296 e. The van der Waals surface area contributed by atoms with E-state index in [2.05, 4.69) is 5.32 Å². The molecule has 2 aliphatic carbocycles. The highest BCUT2D eigenvalue weighted by molar-refractivity contribution is 6.11. The number of nitrogens with one attached hydrogen (secondary N) is 1. The smallest absolute Gasteiger partial charge is 0.233 e. The zero-order valence-electron chi connectivity index (χ0n) is 7.51. The van der Waals surface area contributed by atoms with Gasteiger partial charge in [0, 0.05) is 0 Å². The molecule has 70 valence electrons. The van der Waals surface area contributed by atoms with Gasteiger partial charge in [0.2, 0.25) is 11.8 Å². The van der Waals surface area contributed by atoms with Gasteiger partial charge in [-0.25, -0.2) is 0 Å². The lowest BCUT2D eigenvalue weighted by Crippen LogP contribution is -2.31. The van der Waals surface area contributed by atoms with Crippen molar-refractivity contribution in [3.8, 4) is 0 Å². The number of carbonyl (C=O) groups is 2. The average Bonchev–Trinajstić information content (AvgIpc) is 2.51. The van der Waals surface area contributed by atoms with Crippen LogP contribution in [-0.4, -0.2) is 11.8 Å². The lowest BCUT2D eigenvalue weighted by molar-refractivity contribution is -0.129. The van der Waals surface area contributed by atoms with Crippen molar-refractivity contribution in [3.63, 3.8) is 0 Å². The largest absolute Gasteiger partial charge is 0.296 e. The fourth-order valence-electron chi connectivity index (χ4n) is 3.25. The average molecular weight is 179 g/mol. The third kappa shape index (κ3) is 0.754. The van der Waals surface area contributed by atoms with Crippen molar-refractivity contribution in [2.75, 3.05) is 0 Å². The van der Waals surface area contributed by atoms with Gasteiger partial charge in [0.25, 0.3) is 0 Å². The molecule has 1 heterocycles. The number of fused-ring (bicyclic) bond motifs is 1. The van der Waals surface area contributed by atoms with Gasteiger partial charge in [-0.1, -0.05) is 12.8 Å². The summed E-state index contributed by atoms with van der Waals surface area (Å²) in [5.41, 5.74) is -0.229. The highest BCUT2D eigenvalue weighted by Crippen LogP contribution is 2.64. The van der Waals surface area contributed by atoms with Gasteiger partial charge < -0.3 is 0 Å². The van der Waals surface area contributed by atoms with E-state index < -0.39 is 0 Å². The Kier molecular flexibility index (Phi) is 1.24. The number of rotatable bonds is 1. The first kappa shape index (κ1) is 7.54. The molecule has 0 bridgehead atoms. The Bertz CT molecular complexity index is 293. The maximum absolute atomic E-state index is 11.6. The fraction of sp³-hybridized carbons (Fsp3) is 0.800. The van der Waals surface area contributed by atoms with Crippen LogP contribution in [0.15, 0.2) is 0 Å². The van der Waals surface area contributed by atoms with Gasteiger partial charge in [-0.3, -0.25) is 14.9 Å². The Labute approximate surface area is 76.9 Å². The van der Waals surface area contributed by atoms with Crippen LogP contribution in [0.5, 0.6) is 0 Å². The molecule has 0 spiro atoms. The van der Waals surface area contributed by atoms with E-state index in [1.165, 1.54) is 12.8 Å². The molecule has 0 aromatic rings. The number of amides is 2. The monoisotopic (exact) mass is 179 g/mol. The summed E-state index contributed by atoms with van der Waals surface area (Å²) in [5, 5.41) is 2.46. The number of hydrogen-bond acceptors (Lipinski definition) is 2. The van der Waals surface area contributed by atoms with Gasteiger partial charge in [-0.15, -0.1) is 0 Å². The highest BCUT2D eigenvalue weighted by Gasteiger charge is 2.71. The molecule has 13 heavy (non-hydrogen) atoms. The van der Waals surface area contributed by atoms with E-state index in [1.54, 1.807) is 0 Å². The minimum atomic E-state index is -0.229. The topological polar surface area (TPSA) is 46.2 Å². The maximum Gasteiger partial charge on any atom is 0.233 e. The SMILES string of the molecule is O=C1NC(=O)C2(C3CCCC3)CC12. The molecule has 3 heteroatoms. The maximum atomic E-state index is 11.6. The molecule has 0 aromatic carbocycles. The Hall–Kier alpha value is -0.860. The molecule has 2 atom stereocenters. The summed E-state index contributed by atoms with van der Waals surface area (Å²) in [6.07, 6.45) is 5.61. The number of piperidine rings is 1.